The molecule has 0 atom stereocenters. The number of carbonyl (C=O) groups is 2. The number of carboxylic acid groups (broad SMARTS) is 1. The molecular weight excluding hydrogens is 266 g/mol. The minimum atomic E-state index is -0.966. The number of thioether (sulfide) groups is 1. The Morgan fingerprint density at radius 1 is 1.42 bits per heavy atom. The van der Waals surface area contributed by atoms with Crippen LogP contribution in [0.3, 0.4) is 0 Å². The smallest absolute Gasteiger partial charge is 0.335 e. The van der Waals surface area contributed by atoms with Gasteiger partial charge in [0, 0.05) is 18.6 Å². The molecule has 0 bridgehead atoms. The van der Waals surface area contributed by atoms with Crippen molar-refractivity contribution in [2.75, 3.05) is 26.0 Å². The molecule has 0 saturated carbocycles. The van der Waals surface area contributed by atoms with Crippen molar-refractivity contribution < 1.29 is 19.4 Å². The van der Waals surface area contributed by atoms with Crippen molar-refractivity contribution in [1.82, 2.24) is 5.32 Å². The van der Waals surface area contributed by atoms with Crippen LogP contribution < -0.4 is 5.32 Å². The van der Waals surface area contributed by atoms with Gasteiger partial charge in [-0.05, 0) is 24.6 Å². The van der Waals surface area contributed by atoms with Crippen LogP contribution in [0.1, 0.15) is 15.9 Å². The third-order valence-corrected chi connectivity index (χ3v) is 3.58. The molecule has 2 N–H and O–H groups in total. The molecule has 0 radical (unpaired) electrons. The van der Waals surface area contributed by atoms with Crippen LogP contribution in [0, 0.1) is 6.92 Å². The van der Waals surface area contributed by atoms with Gasteiger partial charge in [-0.25, -0.2) is 4.79 Å². The topological polar surface area (TPSA) is 75.6 Å². The summed E-state index contributed by atoms with van der Waals surface area (Å²) in [5, 5.41) is 11.6. The van der Waals surface area contributed by atoms with Gasteiger partial charge in [0.1, 0.15) is 0 Å². The van der Waals surface area contributed by atoms with Crippen molar-refractivity contribution in [3.63, 3.8) is 0 Å². The van der Waals surface area contributed by atoms with Gasteiger partial charge >= 0.3 is 5.97 Å². The lowest BCUT2D eigenvalue weighted by Gasteiger charge is -2.07. The van der Waals surface area contributed by atoms with Crippen LogP contribution in [0.5, 0.6) is 0 Å². The summed E-state index contributed by atoms with van der Waals surface area (Å²) in [6, 6.07) is 4.89. The minimum absolute atomic E-state index is 0.0952. The molecule has 0 aliphatic carbocycles. The molecule has 0 aromatic heterocycles. The quantitative estimate of drug-likeness (QED) is 0.586. The molecule has 1 amide bonds. The van der Waals surface area contributed by atoms with E-state index in [1.54, 1.807) is 25.3 Å². The first-order valence-corrected chi connectivity index (χ1v) is 6.75. The predicted octanol–water partition coefficient (Wildman–Crippen LogP) is 1.55. The van der Waals surface area contributed by atoms with Crippen LogP contribution in [0.4, 0.5) is 0 Å². The number of ether oxygens (including phenoxy) is 1. The molecule has 0 aliphatic rings. The van der Waals surface area contributed by atoms with Crippen molar-refractivity contribution in [3.8, 4) is 0 Å². The zero-order valence-electron chi connectivity index (χ0n) is 10.9. The predicted molar refractivity (Wildman–Crippen MR) is 73.7 cm³/mol. The van der Waals surface area contributed by atoms with Gasteiger partial charge in [0.05, 0.1) is 17.9 Å². The first-order chi connectivity index (χ1) is 9.04. The van der Waals surface area contributed by atoms with Gasteiger partial charge in [-0.2, -0.15) is 0 Å². The molecule has 1 aromatic carbocycles. The summed E-state index contributed by atoms with van der Waals surface area (Å²) < 4.78 is 4.83. The largest absolute Gasteiger partial charge is 0.478 e. The van der Waals surface area contributed by atoms with Gasteiger partial charge in [0.2, 0.25) is 5.91 Å². The highest BCUT2D eigenvalue weighted by Crippen LogP contribution is 2.23. The van der Waals surface area contributed by atoms with E-state index in [2.05, 4.69) is 5.32 Å². The third kappa shape index (κ3) is 5.32. The summed E-state index contributed by atoms with van der Waals surface area (Å²) in [5.74, 6) is -0.804. The summed E-state index contributed by atoms with van der Waals surface area (Å²) in [4.78, 5) is 23.2. The second-order valence-electron chi connectivity index (χ2n) is 3.92. The second-order valence-corrected chi connectivity index (χ2v) is 4.93. The average molecular weight is 283 g/mol. The Morgan fingerprint density at radius 2 is 2.16 bits per heavy atom. The second kappa shape index (κ2) is 7.81. The molecule has 5 nitrogen and oxygen atoms in total. The van der Waals surface area contributed by atoms with Gasteiger partial charge in [-0.15, -0.1) is 11.8 Å². The highest BCUT2D eigenvalue weighted by atomic mass is 32.2. The summed E-state index contributed by atoms with van der Waals surface area (Å²) in [6.45, 7) is 2.84. The van der Waals surface area contributed by atoms with Crippen LogP contribution in [0.15, 0.2) is 23.1 Å². The standard InChI is InChI=1S/C13H17NO4S/c1-9-3-4-10(13(16)17)7-11(9)19-8-12(15)14-5-6-18-2/h3-4,7H,5-6,8H2,1-2H3,(H,14,15)(H,16,17). The lowest BCUT2D eigenvalue weighted by atomic mass is 10.1. The summed E-state index contributed by atoms with van der Waals surface area (Å²) >= 11 is 1.33. The molecule has 0 saturated heterocycles. The Hall–Kier alpha value is -1.53. The monoisotopic (exact) mass is 283 g/mol. The number of benzene rings is 1. The van der Waals surface area contributed by atoms with Crippen molar-refractivity contribution in [1.29, 1.82) is 0 Å². The summed E-state index contributed by atoms with van der Waals surface area (Å²) in [6.07, 6.45) is 0. The van der Waals surface area contributed by atoms with Gasteiger partial charge < -0.3 is 15.2 Å². The molecule has 1 rings (SSSR count). The number of methoxy groups -OCH3 is 1. The van der Waals surface area contributed by atoms with Crippen LogP contribution in [0.2, 0.25) is 0 Å². The molecule has 0 spiro atoms. The van der Waals surface area contributed by atoms with Crippen LogP contribution in [0.25, 0.3) is 0 Å². The van der Waals surface area contributed by atoms with Crippen LogP contribution in [-0.4, -0.2) is 43.0 Å². The van der Waals surface area contributed by atoms with E-state index >= 15 is 0 Å². The number of hydrogen-bond acceptors (Lipinski definition) is 4. The van der Waals surface area contributed by atoms with Crippen molar-refractivity contribution >= 4 is 23.6 Å². The molecule has 1 aromatic rings. The summed E-state index contributed by atoms with van der Waals surface area (Å²) in [5.41, 5.74) is 1.19. The van der Waals surface area contributed by atoms with E-state index in [0.29, 0.717) is 13.2 Å². The fraction of sp³-hybridized carbons (Fsp3) is 0.385. The number of rotatable bonds is 7. The zero-order valence-corrected chi connectivity index (χ0v) is 11.8. The summed E-state index contributed by atoms with van der Waals surface area (Å²) in [7, 11) is 1.57. The maximum Gasteiger partial charge on any atom is 0.335 e. The minimum Gasteiger partial charge on any atom is -0.478 e. The highest BCUT2D eigenvalue weighted by Gasteiger charge is 2.08. The van der Waals surface area contributed by atoms with Crippen LogP contribution in [-0.2, 0) is 9.53 Å². The Kier molecular flexibility index (Phi) is 6.38. The molecule has 0 heterocycles. The average Bonchev–Trinajstić information content (AvgIpc) is 2.37. The Morgan fingerprint density at radius 3 is 2.79 bits per heavy atom. The highest BCUT2D eigenvalue weighted by molar-refractivity contribution is 8.00. The van der Waals surface area contributed by atoms with E-state index in [1.165, 1.54) is 11.8 Å². The van der Waals surface area contributed by atoms with Gasteiger partial charge in [-0.1, -0.05) is 6.07 Å². The first kappa shape index (κ1) is 15.5. The normalized spacial score (nSPS) is 10.2. The Bertz CT molecular complexity index is 462. The molecule has 0 aliphatic heterocycles. The van der Waals surface area contributed by atoms with E-state index in [0.717, 1.165) is 10.5 Å². The molecule has 0 unspecified atom stereocenters. The Labute approximate surface area is 116 Å². The van der Waals surface area contributed by atoms with Gasteiger partial charge in [0.15, 0.2) is 0 Å². The fourth-order valence-electron chi connectivity index (χ4n) is 1.38. The van der Waals surface area contributed by atoms with E-state index in [4.69, 9.17) is 9.84 Å². The van der Waals surface area contributed by atoms with E-state index in [9.17, 15) is 9.59 Å². The van der Waals surface area contributed by atoms with Crippen molar-refractivity contribution in [2.45, 2.75) is 11.8 Å². The maximum atomic E-state index is 11.5. The lowest BCUT2D eigenvalue weighted by molar-refractivity contribution is -0.118. The van der Waals surface area contributed by atoms with Crippen LogP contribution >= 0.6 is 11.8 Å². The number of aryl methyl sites for hydroxylation is 1. The first-order valence-electron chi connectivity index (χ1n) is 5.77. The lowest BCUT2D eigenvalue weighted by Crippen LogP contribution is -2.28. The number of hydrogen-bond donors (Lipinski definition) is 2. The van der Waals surface area contributed by atoms with E-state index in [1.807, 2.05) is 6.92 Å². The zero-order chi connectivity index (χ0) is 14.3. The number of amides is 1. The SMILES string of the molecule is COCCNC(=O)CSc1cc(C(=O)O)ccc1C. The van der Waals surface area contributed by atoms with Gasteiger partial charge in [0.25, 0.3) is 0 Å². The molecule has 104 valence electrons. The number of aromatic carboxylic acids is 1. The Balaban J connectivity index is 2.54. The number of nitrogens with one attached hydrogen (secondary N) is 1. The van der Waals surface area contributed by atoms with Crippen molar-refractivity contribution in [3.05, 3.63) is 29.3 Å². The molecule has 0 fully saturated rings. The van der Waals surface area contributed by atoms with E-state index < -0.39 is 5.97 Å². The molecule has 6 heteroatoms. The van der Waals surface area contributed by atoms with E-state index in [-0.39, 0.29) is 17.2 Å². The van der Waals surface area contributed by atoms with Crippen molar-refractivity contribution in [2.24, 2.45) is 0 Å². The fourth-order valence-corrected chi connectivity index (χ4v) is 2.27. The molecule has 19 heavy (non-hydrogen) atoms. The van der Waals surface area contributed by atoms with Gasteiger partial charge in [-0.3, -0.25) is 4.79 Å². The number of carbonyl (C=O) groups excluding carboxylic acids is 1. The third-order valence-electron chi connectivity index (χ3n) is 2.42. The number of carboxylic acids is 1. The maximum absolute atomic E-state index is 11.5. The molecular formula is C13H17NO4S.